The molecule has 2 saturated heterocycles. The van der Waals surface area contributed by atoms with Crippen LogP contribution in [0.2, 0.25) is 0 Å². The minimum absolute atomic E-state index is 0.0426. The molecule has 228 valence electrons. The van der Waals surface area contributed by atoms with Gasteiger partial charge < -0.3 is 24.8 Å². The number of benzene rings is 3. The molecule has 44 heavy (non-hydrogen) atoms. The molecule has 1 atom stereocenters. The number of rotatable bonds is 4. The van der Waals surface area contributed by atoms with Crippen molar-refractivity contribution in [3.63, 3.8) is 0 Å². The third-order valence-electron chi connectivity index (χ3n) is 8.88. The lowest BCUT2D eigenvalue weighted by Crippen LogP contribution is -2.51. The molecule has 0 aliphatic carbocycles. The second-order valence-corrected chi connectivity index (χ2v) is 12.6. The van der Waals surface area contributed by atoms with E-state index in [0.29, 0.717) is 6.42 Å². The maximum Gasteiger partial charge on any atom is 0.498 e. The summed E-state index contributed by atoms with van der Waals surface area (Å²) < 4.78 is 27.5. The smallest absolute Gasteiger partial charge is 0.399 e. The molecule has 7 rings (SSSR count). The zero-order valence-corrected chi connectivity index (χ0v) is 25.7. The first-order valence-electron chi connectivity index (χ1n) is 15.2. The Bertz CT molecular complexity index is 1610. The maximum absolute atomic E-state index is 13.5. The second kappa shape index (κ2) is 12.2. The fourth-order valence-corrected chi connectivity index (χ4v) is 5.74. The lowest BCUT2D eigenvalue weighted by molar-refractivity contribution is -0.116. The SMILES string of the molecule is CC1(C)OB(c2cnn(Cc3ccccc3)c2)OC1(C)C.O=C1CC2CNCCN2c2cc(-c3cccc(F)c3)ccc2N1. The van der Waals surface area contributed by atoms with Crippen molar-refractivity contribution >= 4 is 29.9 Å². The monoisotopic (exact) mass is 595 g/mol. The van der Waals surface area contributed by atoms with Crippen LogP contribution in [0.15, 0.2) is 85.2 Å². The van der Waals surface area contributed by atoms with E-state index in [4.69, 9.17) is 9.31 Å². The molecule has 0 saturated carbocycles. The molecule has 3 aliphatic rings. The first-order chi connectivity index (χ1) is 21.1. The second-order valence-electron chi connectivity index (χ2n) is 12.6. The molecule has 1 amide bonds. The third-order valence-corrected chi connectivity index (χ3v) is 8.88. The predicted molar refractivity (Wildman–Crippen MR) is 173 cm³/mol. The third kappa shape index (κ3) is 6.43. The summed E-state index contributed by atoms with van der Waals surface area (Å²) in [5.74, 6) is -0.202. The number of piperazine rings is 1. The Labute approximate surface area is 258 Å². The summed E-state index contributed by atoms with van der Waals surface area (Å²) in [5, 5.41) is 10.7. The summed E-state index contributed by atoms with van der Waals surface area (Å²) in [7, 11) is -0.348. The summed E-state index contributed by atoms with van der Waals surface area (Å²) in [6.45, 7) is 11.5. The van der Waals surface area contributed by atoms with Crippen LogP contribution in [0.5, 0.6) is 0 Å². The van der Waals surface area contributed by atoms with Crippen LogP contribution in [0.4, 0.5) is 15.8 Å². The van der Waals surface area contributed by atoms with Crippen molar-refractivity contribution in [2.45, 2.75) is 57.9 Å². The van der Waals surface area contributed by atoms with E-state index in [1.807, 2.05) is 59.5 Å². The highest BCUT2D eigenvalue weighted by molar-refractivity contribution is 6.62. The summed E-state index contributed by atoms with van der Waals surface area (Å²) in [6, 6.07) is 22.9. The lowest BCUT2D eigenvalue weighted by Gasteiger charge is -2.36. The van der Waals surface area contributed by atoms with Gasteiger partial charge in [-0.3, -0.25) is 9.48 Å². The van der Waals surface area contributed by atoms with Crippen LogP contribution in [0, 0.1) is 5.82 Å². The molecule has 3 aromatic carbocycles. The van der Waals surface area contributed by atoms with E-state index in [0.717, 1.165) is 54.1 Å². The average Bonchev–Trinajstić information content (AvgIpc) is 3.50. The van der Waals surface area contributed by atoms with Crippen LogP contribution >= 0.6 is 0 Å². The number of carbonyl (C=O) groups excluding carboxylic acids is 1. The summed E-state index contributed by atoms with van der Waals surface area (Å²) in [5.41, 5.74) is 5.19. The minimum Gasteiger partial charge on any atom is -0.399 e. The fourth-order valence-electron chi connectivity index (χ4n) is 5.74. The van der Waals surface area contributed by atoms with Crippen molar-refractivity contribution in [3.05, 3.63) is 96.6 Å². The largest absolute Gasteiger partial charge is 0.498 e. The van der Waals surface area contributed by atoms with Crippen LogP contribution in [-0.4, -0.2) is 59.7 Å². The number of carbonyl (C=O) groups is 1. The molecule has 0 bridgehead atoms. The number of amides is 1. The zero-order chi connectivity index (χ0) is 30.9. The number of nitrogens with zero attached hydrogens (tertiary/aromatic N) is 3. The van der Waals surface area contributed by atoms with Crippen LogP contribution in [0.1, 0.15) is 39.7 Å². The van der Waals surface area contributed by atoms with Crippen LogP contribution in [-0.2, 0) is 20.6 Å². The number of aromatic nitrogens is 2. The standard InChI is InChI=1S/C18H18FN3O.C16H21BN2O2/c19-14-3-1-2-12(8-14)13-4-5-16-17(9-13)22-7-6-20-11-15(22)10-18(23)21-16;1-15(2)16(3,4)21-17(20-15)14-10-18-19(12-14)11-13-8-6-5-7-9-13/h1-5,8-9,15,20H,6-7,10-11H2,(H,21,23);5-10,12H,11H2,1-4H3. The van der Waals surface area contributed by atoms with Gasteiger partial charge in [0.05, 0.1) is 35.2 Å². The van der Waals surface area contributed by atoms with Crippen LogP contribution < -0.4 is 21.0 Å². The Balaban J connectivity index is 0.000000157. The summed E-state index contributed by atoms with van der Waals surface area (Å²) in [6.07, 6.45) is 4.30. The Morgan fingerprint density at radius 2 is 1.73 bits per heavy atom. The fraction of sp³-hybridized carbons (Fsp3) is 0.353. The van der Waals surface area contributed by atoms with E-state index in [1.54, 1.807) is 6.07 Å². The lowest BCUT2D eigenvalue weighted by atomic mass is 9.82. The van der Waals surface area contributed by atoms with Gasteiger partial charge in [0.15, 0.2) is 0 Å². The van der Waals surface area contributed by atoms with Crippen molar-refractivity contribution in [2.75, 3.05) is 29.9 Å². The van der Waals surface area contributed by atoms with Crippen molar-refractivity contribution in [1.29, 1.82) is 0 Å². The molecule has 0 radical (unpaired) electrons. The zero-order valence-electron chi connectivity index (χ0n) is 25.7. The number of anilines is 2. The predicted octanol–water partition coefficient (Wildman–Crippen LogP) is 4.84. The quantitative estimate of drug-likeness (QED) is 0.329. The van der Waals surface area contributed by atoms with Gasteiger partial charge in [0.2, 0.25) is 5.91 Å². The number of hydrogen-bond acceptors (Lipinski definition) is 6. The highest BCUT2D eigenvalue weighted by Gasteiger charge is 2.52. The van der Waals surface area contributed by atoms with Crippen molar-refractivity contribution in [1.82, 2.24) is 15.1 Å². The van der Waals surface area contributed by atoms with Gasteiger partial charge in [0.25, 0.3) is 0 Å². The van der Waals surface area contributed by atoms with Gasteiger partial charge in [-0.2, -0.15) is 5.10 Å². The molecule has 1 unspecified atom stereocenters. The Morgan fingerprint density at radius 1 is 0.977 bits per heavy atom. The van der Waals surface area contributed by atoms with Crippen LogP contribution in [0.3, 0.4) is 0 Å². The summed E-state index contributed by atoms with van der Waals surface area (Å²) in [4.78, 5) is 14.4. The molecule has 10 heteroatoms. The molecule has 2 N–H and O–H groups in total. The molecule has 1 aromatic heterocycles. The highest BCUT2D eigenvalue weighted by atomic mass is 19.1. The molecule has 4 aromatic rings. The van der Waals surface area contributed by atoms with Gasteiger partial charge in [0, 0.05) is 43.9 Å². The Kier molecular flexibility index (Phi) is 8.33. The molecule has 4 heterocycles. The Hall–Kier alpha value is -3.99. The van der Waals surface area contributed by atoms with E-state index in [2.05, 4.69) is 60.5 Å². The number of nitrogens with one attached hydrogen (secondary N) is 2. The van der Waals surface area contributed by atoms with E-state index >= 15 is 0 Å². The first kappa shape index (κ1) is 30.1. The molecule has 3 aliphatic heterocycles. The van der Waals surface area contributed by atoms with E-state index in [9.17, 15) is 9.18 Å². The van der Waals surface area contributed by atoms with Gasteiger partial charge in [-0.25, -0.2) is 4.39 Å². The van der Waals surface area contributed by atoms with Crippen molar-refractivity contribution in [2.24, 2.45) is 0 Å². The number of hydrogen-bond donors (Lipinski definition) is 2. The Morgan fingerprint density at radius 3 is 2.48 bits per heavy atom. The van der Waals surface area contributed by atoms with E-state index < -0.39 is 0 Å². The van der Waals surface area contributed by atoms with Gasteiger partial charge in [0.1, 0.15) is 5.82 Å². The van der Waals surface area contributed by atoms with Crippen molar-refractivity contribution in [3.8, 4) is 11.1 Å². The molecule has 0 spiro atoms. The van der Waals surface area contributed by atoms with E-state index in [-0.39, 0.29) is 36.1 Å². The van der Waals surface area contributed by atoms with Gasteiger partial charge >= 0.3 is 7.12 Å². The minimum atomic E-state index is -0.348. The van der Waals surface area contributed by atoms with Gasteiger partial charge in [-0.15, -0.1) is 0 Å². The average molecular weight is 596 g/mol. The van der Waals surface area contributed by atoms with Gasteiger partial charge in [-0.1, -0.05) is 48.5 Å². The number of halogens is 1. The molecular formula is C34H39BFN5O3. The highest BCUT2D eigenvalue weighted by Crippen LogP contribution is 2.37. The topological polar surface area (TPSA) is 80.6 Å². The first-order valence-corrected chi connectivity index (χ1v) is 15.2. The molecule has 8 nitrogen and oxygen atoms in total. The van der Waals surface area contributed by atoms with E-state index in [1.165, 1.54) is 17.7 Å². The maximum atomic E-state index is 13.5. The van der Waals surface area contributed by atoms with Crippen LogP contribution in [0.25, 0.3) is 11.1 Å². The summed E-state index contributed by atoms with van der Waals surface area (Å²) >= 11 is 0. The molecule has 2 fully saturated rings. The normalized spacial score (nSPS) is 20.1. The van der Waals surface area contributed by atoms with Gasteiger partial charge in [-0.05, 0) is 68.7 Å². The molecular weight excluding hydrogens is 556 g/mol. The van der Waals surface area contributed by atoms with Crippen molar-refractivity contribution < 1.29 is 18.5 Å². The number of fused-ring (bicyclic) bond motifs is 3.